The Morgan fingerprint density at radius 2 is 2.18 bits per heavy atom. The Hall–Kier alpha value is -1.73. The van der Waals surface area contributed by atoms with Gasteiger partial charge in [-0.2, -0.15) is 0 Å². The maximum absolute atomic E-state index is 12.3. The third-order valence-corrected chi connectivity index (χ3v) is 4.44. The average molecular weight is 322 g/mol. The normalized spacial score (nSPS) is 12.5. The minimum Gasteiger partial charge on any atom is -0.468 e. The van der Waals surface area contributed by atoms with Crippen LogP contribution in [-0.4, -0.2) is 40.0 Å². The van der Waals surface area contributed by atoms with E-state index in [-0.39, 0.29) is 11.9 Å². The van der Waals surface area contributed by atoms with E-state index < -0.39 is 0 Å². The topological polar surface area (TPSA) is 71.3 Å². The molecule has 0 fully saturated rings. The van der Waals surface area contributed by atoms with Gasteiger partial charge in [-0.3, -0.25) is 9.69 Å². The fourth-order valence-electron chi connectivity index (χ4n) is 2.44. The summed E-state index contributed by atoms with van der Waals surface area (Å²) in [6.45, 7) is 8.44. The molecule has 0 radical (unpaired) electrons. The molecule has 0 aliphatic heterocycles. The van der Waals surface area contributed by atoms with E-state index in [9.17, 15) is 4.79 Å². The fourth-order valence-corrected chi connectivity index (χ4v) is 3.10. The summed E-state index contributed by atoms with van der Waals surface area (Å²) in [6.07, 6.45) is 2.37. The Bertz CT molecular complexity index is 578. The monoisotopic (exact) mass is 322 g/mol. The van der Waals surface area contributed by atoms with E-state index in [2.05, 4.69) is 33.7 Å². The van der Waals surface area contributed by atoms with Crippen molar-refractivity contribution in [3.05, 3.63) is 34.7 Å². The number of carbonyl (C=O) groups is 1. The summed E-state index contributed by atoms with van der Waals surface area (Å²) in [5, 5.41) is 6.97. The number of furan rings is 1. The van der Waals surface area contributed by atoms with Gasteiger partial charge < -0.3 is 9.73 Å². The van der Waals surface area contributed by atoms with Crippen molar-refractivity contribution >= 4 is 17.4 Å². The zero-order chi connectivity index (χ0) is 15.9. The van der Waals surface area contributed by atoms with Gasteiger partial charge in [0.05, 0.1) is 18.0 Å². The first-order valence-corrected chi connectivity index (χ1v) is 8.35. The molecule has 1 amide bonds. The first kappa shape index (κ1) is 16.6. The largest absolute Gasteiger partial charge is 0.468 e. The van der Waals surface area contributed by atoms with Gasteiger partial charge in [-0.1, -0.05) is 25.3 Å². The van der Waals surface area contributed by atoms with Gasteiger partial charge in [-0.05, 0) is 43.2 Å². The number of rotatable bonds is 8. The van der Waals surface area contributed by atoms with Crippen LogP contribution in [0.2, 0.25) is 0 Å². The Morgan fingerprint density at radius 3 is 2.77 bits per heavy atom. The fraction of sp³-hybridized carbons (Fsp3) is 0.533. The minimum absolute atomic E-state index is 0.0277. The van der Waals surface area contributed by atoms with Crippen molar-refractivity contribution < 1.29 is 9.21 Å². The minimum atomic E-state index is -0.115. The predicted molar refractivity (Wildman–Crippen MR) is 86.0 cm³/mol. The number of aryl methyl sites for hydroxylation is 1. The summed E-state index contributed by atoms with van der Waals surface area (Å²) >= 11 is 1.14. The van der Waals surface area contributed by atoms with Crippen molar-refractivity contribution in [2.75, 3.05) is 19.6 Å². The maximum Gasteiger partial charge on any atom is 0.265 e. The molecule has 120 valence electrons. The molecule has 0 saturated heterocycles. The van der Waals surface area contributed by atoms with Crippen molar-refractivity contribution in [1.29, 1.82) is 0 Å². The molecular formula is C15H22N4O2S. The lowest BCUT2D eigenvalue weighted by Gasteiger charge is -2.28. The number of hydrogen-bond acceptors (Lipinski definition) is 6. The van der Waals surface area contributed by atoms with E-state index in [0.717, 1.165) is 36.1 Å². The molecule has 0 saturated carbocycles. The molecule has 22 heavy (non-hydrogen) atoms. The lowest BCUT2D eigenvalue weighted by Crippen LogP contribution is -2.37. The van der Waals surface area contributed by atoms with Crippen LogP contribution >= 0.6 is 11.5 Å². The number of hydrogen-bond donors (Lipinski definition) is 1. The van der Waals surface area contributed by atoms with Crippen molar-refractivity contribution in [1.82, 2.24) is 19.8 Å². The third-order valence-electron chi connectivity index (χ3n) is 3.68. The number of nitrogens with zero attached hydrogens (tertiary/aromatic N) is 3. The quantitative estimate of drug-likeness (QED) is 0.808. The summed E-state index contributed by atoms with van der Waals surface area (Å²) in [7, 11) is 0. The second-order valence-electron chi connectivity index (χ2n) is 4.86. The molecule has 7 heteroatoms. The van der Waals surface area contributed by atoms with E-state index in [1.54, 1.807) is 6.26 Å². The molecule has 2 heterocycles. The third kappa shape index (κ3) is 3.72. The van der Waals surface area contributed by atoms with Crippen LogP contribution in [0.3, 0.4) is 0 Å². The summed E-state index contributed by atoms with van der Waals surface area (Å²) in [5.41, 5.74) is 0.750. The Kier molecular flexibility index (Phi) is 6.09. The highest BCUT2D eigenvalue weighted by Gasteiger charge is 2.23. The average Bonchev–Trinajstić information content (AvgIpc) is 3.21. The van der Waals surface area contributed by atoms with Crippen molar-refractivity contribution in [2.45, 2.75) is 33.2 Å². The van der Waals surface area contributed by atoms with Crippen LogP contribution in [0, 0.1) is 0 Å². The zero-order valence-corrected chi connectivity index (χ0v) is 14.0. The van der Waals surface area contributed by atoms with Crippen LogP contribution < -0.4 is 5.32 Å². The molecule has 0 aromatic carbocycles. The van der Waals surface area contributed by atoms with Gasteiger partial charge in [0.2, 0.25) is 0 Å². The molecular weight excluding hydrogens is 300 g/mol. The molecule has 1 unspecified atom stereocenters. The number of carbonyl (C=O) groups excluding carboxylic acids is 1. The molecule has 6 nitrogen and oxygen atoms in total. The second-order valence-corrected chi connectivity index (χ2v) is 5.62. The van der Waals surface area contributed by atoms with Crippen LogP contribution in [0.25, 0.3) is 0 Å². The zero-order valence-electron chi connectivity index (χ0n) is 13.2. The molecule has 2 aromatic rings. The Labute approximate surface area is 134 Å². The highest BCUT2D eigenvalue weighted by atomic mass is 32.1. The lowest BCUT2D eigenvalue weighted by atomic mass is 10.1. The molecule has 0 spiro atoms. The SMILES string of the molecule is CCc1nnsc1C(=O)NCC(c1ccco1)N(CC)CC. The molecule has 0 bridgehead atoms. The number of amides is 1. The number of aromatic nitrogens is 2. The smallest absolute Gasteiger partial charge is 0.265 e. The van der Waals surface area contributed by atoms with Gasteiger partial charge in [-0.25, -0.2) is 0 Å². The van der Waals surface area contributed by atoms with Crippen LogP contribution in [0.1, 0.15) is 47.9 Å². The maximum atomic E-state index is 12.3. The van der Waals surface area contributed by atoms with E-state index in [1.807, 2.05) is 19.1 Å². The van der Waals surface area contributed by atoms with Gasteiger partial charge in [-0.15, -0.1) is 5.10 Å². The second kappa shape index (κ2) is 8.05. The molecule has 1 N–H and O–H groups in total. The summed E-state index contributed by atoms with van der Waals surface area (Å²) in [4.78, 5) is 15.2. The molecule has 2 rings (SSSR count). The highest BCUT2D eigenvalue weighted by Crippen LogP contribution is 2.20. The van der Waals surface area contributed by atoms with Gasteiger partial charge >= 0.3 is 0 Å². The summed E-state index contributed by atoms with van der Waals surface area (Å²) in [6, 6.07) is 3.84. The van der Waals surface area contributed by atoms with Gasteiger partial charge in [0, 0.05) is 6.54 Å². The summed E-state index contributed by atoms with van der Waals surface area (Å²) in [5.74, 6) is 0.748. The number of nitrogens with one attached hydrogen (secondary N) is 1. The molecule has 2 aromatic heterocycles. The van der Waals surface area contributed by atoms with Crippen LogP contribution in [0.15, 0.2) is 22.8 Å². The molecule has 1 atom stereocenters. The number of likely N-dealkylation sites (N-methyl/N-ethyl adjacent to an activating group) is 1. The predicted octanol–water partition coefficient (Wildman–Crippen LogP) is 2.51. The van der Waals surface area contributed by atoms with Crippen molar-refractivity contribution in [3.8, 4) is 0 Å². The first-order valence-electron chi connectivity index (χ1n) is 7.58. The molecule has 0 aliphatic rings. The summed E-state index contributed by atoms with van der Waals surface area (Å²) < 4.78 is 9.39. The van der Waals surface area contributed by atoms with E-state index in [4.69, 9.17) is 4.42 Å². The Balaban J connectivity index is 2.07. The van der Waals surface area contributed by atoms with Crippen LogP contribution in [0.4, 0.5) is 0 Å². The van der Waals surface area contributed by atoms with Crippen molar-refractivity contribution in [3.63, 3.8) is 0 Å². The van der Waals surface area contributed by atoms with Gasteiger partial charge in [0.25, 0.3) is 5.91 Å². The van der Waals surface area contributed by atoms with Gasteiger partial charge in [0.15, 0.2) is 0 Å². The van der Waals surface area contributed by atoms with Crippen molar-refractivity contribution in [2.24, 2.45) is 0 Å². The van der Waals surface area contributed by atoms with Crippen LogP contribution in [0.5, 0.6) is 0 Å². The van der Waals surface area contributed by atoms with Crippen LogP contribution in [-0.2, 0) is 6.42 Å². The highest BCUT2D eigenvalue weighted by molar-refractivity contribution is 7.08. The standard InChI is InChI=1S/C15H22N4O2S/c1-4-11-14(22-18-17-11)15(20)16-10-12(19(5-2)6-3)13-8-7-9-21-13/h7-9,12H,4-6,10H2,1-3H3,(H,16,20). The van der Waals surface area contributed by atoms with E-state index >= 15 is 0 Å². The van der Waals surface area contributed by atoms with E-state index in [1.165, 1.54) is 0 Å². The van der Waals surface area contributed by atoms with E-state index in [0.29, 0.717) is 17.8 Å². The Morgan fingerprint density at radius 1 is 1.41 bits per heavy atom. The molecule has 0 aliphatic carbocycles. The lowest BCUT2D eigenvalue weighted by molar-refractivity contribution is 0.0932. The first-order chi connectivity index (χ1) is 10.7. The van der Waals surface area contributed by atoms with Gasteiger partial charge in [0.1, 0.15) is 10.6 Å².